The van der Waals surface area contributed by atoms with E-state index in [2.05, 4.69) is 81.5 Å². The van der Waals surface area contributed by atoms with Gasteiger partial charge in [0.05, 0.1) is 0 Å². The van der Waals surface area contributed by atoms with Crippen LogP contribution in [0.2, 0.25) is 0 Å². The molecule has 0 saturated heterocycles. The van der Waals surface area contributed by atoms with Gasteiger partial charge in [-0.1, -0.05) is 242 Å². The second-order valence-corrected chi connectivity index (χ2v) is 18.8. The minimum atomic E-state index is -0.787. The lowest BCUT2D eigenvalue weighted by Gasteiger charge is -2.18. The molecule has 1 unspecified atom stereocenters. The van der Waals surface area contributed by atoms with Crippen LogP contribution >= 0.6 is 0 Å². The zero-order valence-electron chi connectivity index (χ0n) is 43.7. The fourth-order valence-corrected chi connectivity index (χ4v) is 8.02. The number of esters is 3. The van der Waals surface area contributed by atoms with E-state index in [4.69, 9.17) is 14.2 Å². The second-order valence-electron chi connectivity index (χ2n) is 18.8. The molecule has 66 heavy (non-hydrogen) atoms. The van der Waals surface area contributed by atoms with Gasteiger partial charge in [0.15, 0.2) is 6.10 Å². The Hall–Kier alpha value is -2.89. The van der Waals surface area contributed by atoms with Crippen molar-refractivity contribution in [3.8, 4) is 0 Å². The van der Waals surface area contributed by atoms with Gasteiger partial charge in [0.1, 0.15) is 13.2 Å². The molecule has 6 heteroatoms. The van der Waals surface area contributed by atoms with Crippen molar-refractivity contribution in [1.82, 2.24) is 0 Å². The predicted molar refractivity (Wildman–Crippen MR) is 284 cm³/mol. The van der Waals surface area contributed by atoms with Gasteiger partial charge in [0.25, 0.3) is 0 Å². The van der Waals surface area contributed by atoms with E-state index in [9.17, 15) is 14.4 Å². The smallest absolute Gasteiger partial charge is 0.306 e. The average Bonchev–Trinajstić information content (AvgIpc) is 3.31. The van der Waals surface area contributed by atoms with E-state index in [1.807, 2.05) is 0 Å². The summed E-state index contributed by atoms with van der Waals surface area (Å²) in [7, 11) is 0. The Bertz CT molecular complexity index is 1200. The lowest BCUT2D eigenvalue weighted by atomic mass is 10.0. The van der Waals surface area contributed by atoms with Gasteiger partial charge in [-0.25, -0.2) is 0 Å². The summed E-state index contributed by atoms with van der Waals surface area (Å²) in [5.74, 6) is -0.904. The zero-order valence-corrected chi connectivity index (χ0v) is 43.7. The molecule has 0 aliphatic carbocycles. The molecule has 0 bridgehead atoms. The summed E-state index contributed by atoms with van der Waals surface area (Å²) in [4.78, 5) is 38.1. The Morgan fingerprint density at radius 1 is 0.318 bits per heavy atom. The highest BCUT2D eigenvalue weighted by Crippen LogP contribution is 2.16. The highest BCUT2D eigenvalue weighted by molar-refractivity contribution is 5.71. The van der Waals surface area contributed by atoms with Crippen LogP contribution < -0.4 is 0 Å². The summed E-state index contributed by atoms with van der Waals surface area (Å²) in [6.07, 6.45) is 67.8. The standard InChI is InChI=1S/C60H106O6/c1-4-7-10-13-16-19-22-25-28-29-30-33-35-38-41-44-47-50-53-59(62)65-56-57(66-60(63)54-51-48-45-42-39-36-32-27-24-21-18-15-12-9-6-3)55-64-58(61)52-49-46-43-40-37-34-31-26-23-20-17-14-11-8-5-2/h9,12,17-18,20-21,26-27,31-32,57H,4-8,10-11,13-16,19,22-25,28-30,33-56H2,1-3H3/b12-9-,20-17-,21-18-,31-26-,32-27-. The van der Waals surface area contributed by atoms with Gasteiger partial charge in [-0.3, -0.25) is 14.4 Å². The molecule has 0 aromatic heterocycles. The molecule has 0 fully saturated rings. The van der Waals surface area contributed by atoms with E-state index >= 15 is 0 Å². The van der Waals surface area contributed by atoms with Gasteiger partial charge in [-0.2, -0.15) is 0 Å². The summed E-state index contributed by atoms with van der Waals surface area (Å²) in [6.45, 7) is 6.50. The number of hydrogen-bond acceptors (Lipinski definition) is 6. The molecular formula is C60H106O6. The Kier molecular flexibility index (Phi) is 52.3. The van der Waals surface area contributed by atoms with Gasteiger partial charge in [0, 0.05) is 19.3 Å². The molecule has 0 rings (SSSR count). The van der Waals surface area contributed by atoms with Crippen molar-refractivity contribution in [2.45, 2.75) is 290 Å². The maximum atomic E-state index is 12.8. The van der Waals surface area contributed by atoms with E-state index in [0.29, 0.717) is 19.3 Å². The van der Waals surface area contributed by atoms with Crippen LogP contribution in [-0.2, 0) is 28.6 Å². The van der Waals surface area contributed by atoms with E-state index < -0.39 is 6.10 Å². The largest absolute Gasteiger partial charge is 0.462 e. The number of hydrogen-bond donors (Lipinski definition) is 0. The minimum absolute atomic E-state index is 0.0835. The number of carbonyl (C=O) groups is 3. The molecule has 382 valence electrons. The van der Waals surface area contributed by atoms with Crippen molar-refractivity contribution < 1.29 is 28.6 Å². The molecule has 0 spiro atoms. The summed E-state index contributed by atoms with van der Waals surface area (Å²) in [6, 6.07) is 0. The highest BCUT2D eigenvalue weighted by atomic mass is 16.6. The maximum Gasteiger partial charge on any atom is 0.306 e. The van der Waals surface area contributed by atoms with Gasteiger partial charge < -0.3 is 14.2 Å². The fraction of sp³-hybridized carbons (Fsp3) is 0.783. The van der Waals surface area contributed by atoms with Gasteiger partial charge in [0.2, 0.25) is 0 Å². The van der Waals surface area contributed by atoms with Crippen LogP contribution in [0.15, 0.2) is 60.8 Å². The van der Waals surface area contributed by atoms with Crippen LogP contribution in [0, 0.1) is 0 Å². The molecule has 0 aliphatic heterocycles. The fourth-order valence-electron chi connectivity index (χ4n) is 8.02. The molecule has 0 amide bonds. The predicted octanol–water partition coefficient (Wildman–Crippen LogP) is 18.8. The molecule has 1 atom stereocenters. The third kappa shape index (κ3) is 52.1. The number of ether oxygens (including phenoxy) is 3. The molecule has 0 saturated carbocycles. The lowest BCUT2D eigenvalue weighted by Crippen LogP contribution is -2.30. The van der Waals surface area contributed by atoms with Gasteiger partial charge in [-0.05, 0) is 83.5 Å². The number of unbranched alkanes of at least 4 members (excludes halogenated alkanes) is 30. The van der Waals surface area contributed by atoms with Crippen LogP contribution in [0.25, 0.3) is 0 Å². The summed E-state index contributed by atoms with van der Waals surface area (Å²) in [5, 5.41) is 0. The molecule has 0 N–H and O–H groups in total. The molecule has 0 aromatic rings. The SMILES string of the molecule is CC/C=C\C/C=C\C/C=C\CCCCCCCC(=O)OC(COC(=O)CCCCCCC/C=C\C/C=C\CCCCC)COC(=O)CCCCCCCCCCCCCCCCCCCC. The summed E-state index contributed by atoms with van der Waals surface area (Å²) < 4.78 is 16.8. The number of allylic oxidation sites excluding steroid dienone is 10. The number of carbonyl (C=O) groups excluding carboxylic acids is 3. The van der Waals surface area contributed by atoms with Gasteiger partial charge in [-0.15, -0.1) is 0 Å². The monoisotopic (exact) mass is 923 g/mol. The molecule has 6 nitrogen and oxygen atoms in total. The zero-order chi connectivity index (χ0) is 47.9. The normalized spacial score (nSPS) is 12.5. The van der Waals surface area contributed by atoms with Crippen LogP contribution in [0.3, 0.4) is 0 Å². The van der Waals surface area contributed by atoms with Gasteiger partial charge >= 0.3 is 17.9 Å². The maximum absolute atomic E-state index is 12.8. The first-order chi connectivity index (χ1) is 32.5. The van der Waals surface area contributed by atoms with Crippen LogP contribution in [0.5, 0.6) is 0 Å². The number of rotatable bonds is 51. The molecule has 0 heterocycles. The van der Waals surface area contributed by atoms with Crippen LogP contribution in [-0.4, -0.2) is 37.2 Å². The van der Waals surface area contributed by atoms with Crippen molar-refractivity contribution in [1.29, 1.82) is 0 Å². The molecule has 0 aliphatic rings. The van der Waals surface area contributed by atoms with E-state index in [0.717, 1.165) is 116 Å². The summed E-state index contributed by atoms with van der Waals surface area (Å²) in [5.41, 5.74) is 0. The van der Waals surface area contributed by atoms with E-state index in [1.54, 1.807) is 0 Å². The van der Waals surface area contributed by atoms with Crippen molar-refractivity contribution in [3.05, 3.63) is 60.8 Å². The summed E-state index contributed by atoms with van der Waals surface area (Å²) >= 11 is 0. The van der Waals surface area contributed by atoms with E-state index in [1.165, 1.54) is 128 Å². The Morgan fingerprint density at radius 3 is 0.955 bits per heavy atom. The minimum Gasteiger partial charge on any atom is -0.462 e. The third-order valence-electron chi connectivity index (χ3n) is 12.3. The Labute approximate surface area is 409 Å². The lowest BCUT2D eigenvalue weighted by molar-refractivity contribution is -0.167. The second kappa shape index (κ2) is 54.7. The topological polar surface area (TPSA) is 78.9 Å². The van der Waals surface area contributed by atoms with Crippen LogP contribution in [0.4, 0.5) is 0 Å². The van der Waals surface area contributed by atoms with Crippen molar-refractivity contribution >= 4 is 17.9 Å². The first-order valence-electron chi connectivity index (χ1n) is 28.3. The molecule has 0 aromatic carbocycles. The van der Waals surface area contributed by atoms with E-state index in [-0.39, 0.29) is 31.1 Å². The van der Waals surface area contributed by atoms with Crippen molar-refractivity contribution in [2.75, 3.05) is 13.2 Å². The first kappa shape index (κ1) is 63.1. The van der Waals surface area contributed by atoms with Crippen LogP contribution in [0.1, 0.15) is 284 Å². The Morgan fingerprint density at radius 2 is 0.591 bits per heavy atom. The third-order valence-corrected chi connectivity index (χ3v) is 12.3. The Balaban J connectivity index is 4.38. The molecule has 0 radical (unpaired) electrons. The molecular weight excluding hydrogens is 817 g/mol. The van der Waals surface area contributed by atoms with Crippen molar-refractivity contribution in [2.24, 2.45) is 0 Å². The highest BCUT2D eigenvalue weighted by Gasteiger charge is 2.19. The average molecular weight is 924 g/mol. The quantitative estimate of drug-likeness (QED) is 0.0262. The first-order valence-corrected chi connectivity index (χ1v) is 28.3. The van der Waals surface area contributed by atoms with Crippen molar-refractivity contribution in [3.63, 3.8) is 0 Å².